The Morgan fingerprint density at radius 3 is 2.00 bits per heavy atom. The van der Waals surface area contributed by atoms with E-state index in [0.717, 1.165) is 0 Å². The maximum absolute atomic E-state index is 11.3. The molecule has 0 heterocycles. The van der Waals surface area contributed by atoms with Crippen LogP contribution in [0.5, 0.6) is 0 Å². The monoisotopic (exact) mass is 242 g/mol. The molecule has 0 radical (unpaired) electrons. The van der Waals surface area contributed by atoms with E-state index in [4.69, 9.17) is 14.6 Å². The van der Waals surface area contributed by atoms with E-state index in [1.54, 1.807) is 0 Å². The van der Waals surface area contributed by atoms with Gasteiger partial charge in [0.2, 0.25) is 0 Å². The zero-order valence-electron chi connectivity index (χ0n) is 10.4. The van der Waals surface area contributed by atoms with Crippen molar-refractivity contribution in [1.82, 2.24) is 0 Å². The molecule has 0 aromatic carbocycles. The first-order valence-corrected chi connectivity index (χ1v) is 5.04. The second-order valence-electron chi connectivity index (χ2n) is 4.13. The van der Waals surface area contributed by atoms with Crippen LogP contribution in [0.2, 0.25) is 0 Å². The van der Waals surface area contributed by atoms with Crippen molar-refractivity contribution in [3.05, 3.63) is 24.3 Å². The van der Waals surface area contributed by atoms with Gasteiger partial charge in [0.25, 0.3) is 0 Å². The lowest BCUT2D eigenvalue weighted by molar-refractivity contribution is -0.170. The minimum absolute atomic E-state index is 0.205. The Morgan fingerprint density at radius 1 is 1.18 bits per heavy atom. The van der Waals surface area contributed by atoms with E-state index in [0.29, 0.717) is 0 Å². The van der Waals surface area contributed by atoms with Gasteiger partial charge in [-0.2, -0.15) is 0 Å². The van der Waals surface area contributed by atoms with Crippen molar-refractivity contribution in [3.63, 3.8) is 0 Å². The van der Waals surface area contributed by atoms with Crippen molar-refractivity contribution in [2.24, 2.45) is 0 Å². The molecule has 0 aromatic heterocycles. The molecule has 17 heavy (non-hydrogen) atoms. The zero-order chi connectivity index (χ0) is 13.6. The van der Waals surface area contributed by atoms with Gasteiger partial charge in [-0.15, -0.1) is 0 Å². The molecule has 0 rings (SSSR count). The Bertz CT molecular complexity index is 345. The van der Waals surface area contributed by atoms with Gasteiger partial charge in [0.05, 0.1) is 6.61 Å². The maximum atomic E-state index is 11.3. The van der Waals surface area contributed by atoms with Gasteiger partial charge < -0.3 is 14.6 Å². The summed E-state index contributed by atoms with van der Waals surface area (Å²) in [4.78, 5) is 22.5. The number of esters is 2. The second-order valence-corrected chi connectivity index (χ2v) is 4.13. The molecule has 0 aliphatic rings. The summed E-state index contributed by atoms with van der Waals surface area (Å²) in [5.41, 5.74) is -0.839. The third kappa shape index (κ3) is 5.31. The molecule has 1 unspecified atom stereocenters. The molecule has 0 saturated carbocycles. The van der Waals surface area contributed by atoms with Crippen LogP contribution in [-0.2, 0) is 19.1 Å². The summed E-state index contributed by atoms with van der Waals surface area (Å²) >= 11 is 0. The molecule has 1 atom stereocenters. The molecule has 0 fully saturated rings. The molecule has 0 amide bonds. The van der Waals surface area contributed by atoms with E-state index in [1.165, 1.54) is 20.8 Å². The van der Waals surface area contributed by atoms with Crippen LogP contribution in [0, 0.1) is 0 Å². The first-order valence-electron chi connectivity index (χ1n) is 5.04. The first kappa shape index (κ1) is 15.4. The highest BCUT2D eigenvalue weighted by atomic mass is 16.6. The first-order chi connectivity index (χ1) is 7.72. The number of carbonyl (C=O) groups is 2. The fraction of sp³-hybridized carbons (Fsp3) is 0.500. The van der Waals surface area contributed by atoms with Gasteiger partial charge in [-0.25, -0.2) is 9.59 Å². The molecule has 0 saturated heterocycles. The number of hydrogen-bond donors (Lipinski definition) is 1. The summed E-state index contributed by atoms with van der Waals surface area (Å²) < 4.78 is 9.82. The highest BCUT2D eigenvalue weighted by Crippen LogP contribution is 2.13. The molecule has 0 bridgehead atoms. The molecule has 96 valence electrons. The standard InChI is InChI=1S/C12H18O5/c1-8(2)10(14)16-7-12(5,6-13)17-11(15)9(3)4/h13H,1,3,6-7H2,2,4-5H3. The van der Waals surface area contributed by atoms with Gasteiger partial charge in [0, 0.05) is 11.1 Å². The quantitative estimate of drug-likeness (QED) is 0.555. The zero-order valence-corrected chi connectivity index (χ0v) is 10.4. The average Bonchev–Trinajstić information content (AvgIpc) is 2.25. The molecular weight excluding hydrogens is 224 g/mol. The van der Waals surface area contributed by atoms with Crippen LogP contribution in [0.3, 0.4) is 0 Å². The molecule has 0 spiro atoms. The fourth-order valence-electron chi connectivity index (χ4n) is 0.760. The van der Waals surface area contributed by atoms with Crippen LogP contribution in [0.25, 0.3) is 0 Å². The van der Waals surface area contributed by atoms with E-state index < -0.39 is 24.1 Å². The topological polar surface area (TPSA) is 72.8 Å². The van der Waals surface area contributed by atoms with Gasteiger partial charge >= 0.3 is 11.9 Å². The highest BCUT2D eigenvalue weighted by molar-refractivity contribution is 5.88. The van der Waals surface area contributed by atoms with Gasteiger partial charge in [0.1, 0.15) is 6.61 Å². The number of ether oxygens (including phenoxy) is 2. The summed E-state index contributed by atoms with van der Waals surface area (Å²) in [6.45, 7) is 10.6. The van der Waals surface area contributed by atoms with Crippen molar-refractivity contribution < 1.29 is 24.2 Å². The van der Waals surface area contributed by atoms with E-state index in [2.05, 4.69) is 13.2 Å². The normalized spacial score (nSPS) is 13.4. The number of carbonyl (C=O) groups excluding carboxylic acids is 2. The summed E-state index contributed by atoms with van der Waals surface area (Å²) in [7, 11) is 0. The smallest absolute Gasteiger partial charge is 0.333 e. The molecule has 1 N–H and O–H groups in total. The van der Waals surface area contributed by atoms with Gasteiger partial charge in [-0.05, 0) is 20.8 Å². The Labute approximate surface area is 101 Å². The number of hydrogen-bond acceptors (Lipinski definition) is 5. The van der Waals surface area contributed by atoms with Crippen molar-refractivity contribution in [2.75, 3.05) is 13.2 Å². The summed E-state index contributed by atoms with van der Waals surface area (Å²) in [5, 5.41) is 9.15. The van der Waals surface area contributed by atoms with Crippen LogP contribution >= 0.6 is 0 Å². The van der Waals surface area contributed by atoms with Gasteiger partial charge in [0.15, 0.2) is 5.60 Å². The minimum Gasteiger partial charge on any atom is -0.458 e. The summed E-state index contributed by atoms with van der Waals surface area (Å²) in [6.07, 6.45) is 0. The molecule has 0 aromatic rings. The third-order valence-electron chi connectivity index (χ3n) is 1.88. The van der Waals surface area contributed by atoms with E-state index >= 15 is 0 Å². The van der Waals surface area contributed by atoms with Crippen molar-refractivity contribution in [2.45, 2.75) is 26.4 Å². The van der Waals surface area contributed by atoms with Crippen LogP contribution in [0.1, 0.15) is 20.8 Å². The lowest BCUT2D eigenvalue weighted by atomic mass is 10.1. The fourth-order valence-corrected chi connectivity index (χ4v) is 0.760. The van der Waals surface area contributed by atoms with Gasteiger partial charge in [-0.1, -0.05) is 13.2 Å². The van der Waals surface area contributed by atoms with E-state index in [-0.39, 0.29) is 17.8 Å². The predicted octanol–water partition coefficient (Wildman–Crippen LogP) is 0.976. The number of aliphatic hydroxyl groups is 1. The van der Waals surface area contributed by atoms with E-state index in [1.807, 2.05) is 0 Å². The molecule has 5 heteroatoms. The van der Waals surface area contributed by atoms with Crippen molar-refractivity contribution in [1.29, 1.82) is 0 Å². The third-order valence-corrected chi connectivity index (χ3v) is 1.88. The van der Waals surface area contributed by atoms with Crippen LogP contribution in [0.15, 0.2) is 24.3 Å². The lowest BCUT2D eigenvalue weighted by Crippen LogP contribution is -2.41. The Morgan fingerprint density at radius 2 is 1.65 bits per heavy atom. The Balaban J connectivity index is 4.48. The van der Waals surface area contributed by atoms with Crippen LogP contribution < -0.4 is 0 Å². The number of aliphatic hydroxyl groups excluding tert-OH is 1. The summed E-state index contributed by atoms with van der Waals surface area (Å²) in [5.74, 6) is -1.25. The minimum atomic E-state index is -1.28. The maximum Gasteiger partial charge on any atom is 0.333 e. The van der Waals surface area contributed by atoms with Gasteiger partial charge in [-0.3, -0.25) is 0 Å². The van der Waals surface area contributed by atoms with Crippen LogP contribution in [-0.4, -0.2) is 35.9 Å². The molecule has 5 nitrogen and oxygen atoms in total. The van der Waals surface area contributed by atoms with Crippen molar-refractivity contribution in [3.8, 4) is 0 Å². The largest absolute Gasteiger partial charge is 0.458 e. The molecular formula is C12H18O5. The Hall–Kier alpha value is -1.62. The van der Waals surface area contributed by atoms with Crippen molar-refractivity contribution >= 4 is 11.9 Å². The van der Waals surface area contributed by atoms with Crippen LogP contribution in [0.4, 0.5) is 0 Å². The number of rotatable bonds is 6. The highest BCUT2D eigenvalue weighted by Gasteiger charge is 2.30. The molecule has 0 aliphatic heterocycles. The summed E-state index contributed by atoms with van der Waals surface area (Å²) in [6, 6.07) is 0. The molecule has 0 aliphatic carbocycles. The lowest BCUT2D eigenvalue weighted by Gasteiger charge is -2.26. The SMILES string of the molecule is C=C(C)C(=O)OCC(C)(CO)OC(=O)C(=C)C. The predicted molar refractivity (Wildman–Crippen MR) is 62.2 cm³/mol. The second kappa shape index (κ2) is 6.20. The Kier molecular flexibility index (Phi) is 5.61. The van der Waals surface area contributed by atoms with E-state index in [9.17, 15) is 9.59 Å². The average molecular weight is 242 g/mol.